The molecule has 0 radical (unpaired) electrons. The molecule has 0 heterocycles. The van der Waals surface area contributed by atoms with Gasteiger partial charge in [0.05, 0.1) is 6.10 Å². The number of aliphatic hydroxyl groups excluding tert-OH is 1. The lowest BCUT2D eigenvalue weighted by Crippen LogP contribution is -1.99. The molecule has 0 aliphatic rings. The van der Waals surface area contributed by atoms with E-state index in [4.69, 9.17) is 0 Å². The fourth-order valence-corrected chi connectivity index (χ4v) is 1.18. The molecule has 0 aromatic heterocycles. The van der Waals surface area contributed by atoms with Crippen molar-refractivity contribution in [2.75, 3.05) is 0 Å². The van der Waals surface area contributed by atoms with Gasteiger partial charge in [-0.25, -0.2) is 0 Å². The summed E-state index contributed by atoms with van der Waals surface area (Å²) >= 11 is 0. The molecular formula is C12H16O. The highest BCUT2D eigenvalue weighted by molar-refractivity contribution is 5.49. The fourth-order valence-electron chi connectivity index (χ4n) is 1.18. The molecule has 13 heavy (non-hydrogen) atoms. The average molecular weight is 176 g/mol. The molecule has 1 N–H and O–H groups in total. The van der Waals surface area contributed by atoms with Crippen molar-refractivity contribution in [1.29, 1.82) is 0 Å². The van der Waals surface area contributed by atoms with Gasteiger partial charge in [0, 0.05) is 0 Å². The van der Waals surface area contributed by atoms with Gasteiger partial charge < -0.3 is 5.11 Å². The van der Waals surface area contributed by atoms with Crippen LogP contribution in [0.2, 0.25) is 0 Å². The van der Waals surface area contributed by atoms with Crippen molar-refractivity contribution in [2.45, 2.75) is 25.9 Å². The van der Waals surface area contributed by atoms with Gasteiger partial charge >= 0.3 is 0 Å². The maximum atomic E-state index is 9.42. The average Bonchev–Trinajstić information content (AvgIpc) is 2.17. The zero-order chi connectivity index (χ0) is 9.52. The maximum Gasteiger partial charge on any atom is 0.0724 e. The van der Waals surface area contributed by atoms with Gasteiger partial charge in [-0.15, -0.1) is 0 Å². The van der Waals surface area contributed by atoms with Crippen LogP contribution >= 0.6 is 0 Å². The number of benzene rings is 1. The SMILES string of the molecule is CCC[C@@H](O)/C=C\c1ccccc1. The van der Waals surface area contributed by atoms with E-state index < -0.39 is 0 Å². The maximum absolute atomic E-state index is 9.42. The smallest absolute Gasteiger partial charge is 0.0724 e. The molecular weight excluding hydrogens is 160 g/mol. The molecule has 0 bridgehead atoms. The quantitative estimate of drug-likeness (QED) is 0.748. The molecule has 0 saturated heterocycles. The lowest BCUT2D eigenvalue weighted by molar-refractivity contribution is 0.212. The molecule has 70 valence electrons. The summed E-state index contributed by atoms with van der Waals surface area (Å²) in [5.41, 5.74) is 1.14. The Kier molecular flexibility index (Phi) is 4.27. The molecule has 0 fully saturated rings. The van der Waals surface area contributed by atoms with Crippen molar-refractivity contribution >= 4 is 6.08 Å². The minimum atomic E-state index is -0.301. The van der Waals surface area contributed by atoms with Crippen LogP contribution < -0.4 is 0 Å². The van der Waals surface area contributed by atoms with E-state index in [2.05, 4.69) is 6.92 Å². The molecule has 1 aromatic rings. The monoisotopic (exact) mass is 176 g/mol. The Morgan fingerprint density at radius 1 is 1.31 bits per heavy atom. The number of hydrogen-bond acceptors (Lipinski definition) is 1. The van der Waals surface area contributed by atoms with E-state index in [1.807, 2.05) is 42.5 Å². The Morgan fingerprint density at radius 3 is 2.62 bits per heavy atom. The summed E-state index contributed by atoms with van der Waals surface area (Å²) in [5.74, 6) is 0. The second kappa shape index (κ2) is 5.55. The van der Waals surface area contributed by atoms with Crippen molar-refractivity contribution in [2.24, 2.45) is 0 Å². The molecule has 0 saturated carbocycles. The van der Waals surface area contributed by atoms with E-state index in [9.17, 15) is 5.11 Å². The Labute approximate surface area is 79.7 Å². The highest BCUT2D eigenvalue weighted by atomic mass is 16.3. The number of aliphatic hydroxyl groups is 1. The second-order valence-electron chi connectivity index (χ2n) is 3.13. The van der Waals surface area contributed by atoms with Crippen LogP contribution in [0.15, 0.2) is 36.4 Å². The summed E-state index contributed by atoms with van der Waals surface area (Å²) in [6.07, 6.45) is 5.35. The first-order valence-corrected chi connectivity index (χ1v) is 4.74. The molecule has 0 aliphatic heterocycles. The molecule has 1 nitrogen and oxygen atoms in total. The summed E-state index contributed by atoms with van der Waals surface area (Å²) in [7, 11) is 0. The van der Waals surface area contributed by atoms with Crippen LogP contribution in [0.1, 0.15) is 25.3 Å². The van der Waals surface area contributed by atoms with Gasteiger partial charge in [0.2, 0.25) is 0 Å². The zero-order valence-electron chi connectivity index (χ0n) is 7.98. The van der Waals surface area contributed by atoms with Crippen LogP contribution in [0.3, 0.4) is 0 Å². The molecule has 1 rings (SSSR count). The number of hydrogen-bond donors (Lipinski definition) is 1. The van der Waals surface area contributed by atoms with Gasteiger partial charge in [0.15, 0.2) is 0 Å². The van der Waals surface area contributed by atoms with Gasteiger partial charge in [-0.05, 0) is 12.0 Å². The Balaban J connectivity index is 2.49. The third kappa shape index (κ3) is 3.90. The summed E-state index contributed by atoms with van der Waals surface area (Å²) in [4.78, 5) is 0. The Bertz CT molecular complexity index is 251. The van der Waals surface area contributed by atoms with Gasteiger partial charge in [-0.3, -0.25) is 0 Å². The van der Waals surface area contributed by atoms with Gasteiger partial charge in [-0.1, -0.05) is 55.8 Å². The fraction of sp³-hybridized carbons (Fsp3) is 0.333. The molecule has 0 aliphatic carbocycles. The lowest BCUT2D eigenvalue weighted by Gasteiger charge is -2.01. The molecule has 0 unspecified atom stereocenters. The highest BCUT2D eigenvalue weighted by Gasteiger charge is 1.94. The van der Waals surface area contributed by atoms with Gasteiger partial charge in [0.1, 0.15) is 0 Å². The predicted molar refractivity (Wildman–Crippen MR) is 56.4 cm³/mol. The van der Waals surface area contributed by atoms with Gasteiger partial charge in [-0.2, -0.15) is 0 Å². The van der Waals surface area contributed by atoms with E-state index in [0.717, 1.165) is 18.4 Å². The lowest BCUT2D eigenvalue weighted by atomic mass is 10.1. The van der Waals surface area contributed by atoms with Crippen LogP contribution in [-0.4, -0.2) is 11.2 Å². The van der Waals surface area contributed by atoms with E-state index in [0.29, 0.717) is 0 Å². The zero-order valence-corrected chi connectivity index (χ0v) is 7.98. The summed E-state index contributed by atoms with van der Waals surface area (Å²) in [6.45, 7) is 2.07. The Morgan fingerprint density at radius 2 is 2.00 bits per heavy atom. The van der Waals surface area contributed by atoms with E-state index in [1.54, 1.807) is 0 Å². The topological polar surface area (TPSA) is 20.2 Å². The van der Waals surface area contributed by atoms with Crippen molar-refractivity contribution in [3.8, 4) is 0 Å². The van der Waals surface area contributed by atoms with Crippen molar-refractivity contribution < 1.29 is 5.11 Å². The normalized spacial score (nSPS) is 13.4. The number of rotatable bonds is 4. The first-order valence-electron chi connectivity index (χ1n) is 4.74. The van der Waals surface area contributed by atoms with Crippen molar-refractivity contribution in [3.63, 3.8) is 0 Å². The molecule has 0 amide bonds. The summed E-state index contributed by atoms with van der Waals surface area (Å²) in [5, 5.41) is 9.42. The van der Waals surface area contributed by atoms with Crippen molar-refractivity contribution in [3.05, 3.63) is 42.0 Å². The third-order valence-electron chi connectivity index (χ3n) is 1.89. The van der Waals surface area contributed by atoms with Crippen LogP contribution in [0.4, 0.5) is 0 Å². The molecule has 1 heteroatoms. The molecule has 1 atom stereocenters. The second-order valence-corrected chi connectivity index (χ2v) is 3.13. The van der Waals surface area contributed by atoms with Crippen LogP contribution in [-0.2, 0) is 0 Å². The van der Waals surface area contributed by atoms with Crippen LogP contribution in [0, 0.1) is 0 Å². The highest BCUT2D eigenvalue weighted by Crippen LogP contribution is 2.04. The minimum Gasteiger partial charge on any atom is -0.389 e. The van der Waals surface area contributed by atoms with Crippen LogP contribution in [0.5, 0.6) is 0 Å². The Hall–Kier alpha value is -1.08. The first-order chi connectivity index (χ1) is 6.33. The molecule has 1 aromatic carbocycles. The molecule has 0 spiro atoms. The van der Waals surface area contributed by atoms with E-state index in [-0.39, 0.29) is 6.10 Å². The van der Waals surface area contributed by atoms with E-state index in [1.165, 1.54) is 0 Å². The summed E-state index contributed by atoms with van der Waals surface area (Å²) in [6, 6.07) is 10.0. The van der Waals surface area contributed by atoms with Gasteiger partial charge in [0.25, 0.3) is 0 Å². The summed E-state index contributed by atoms with van der Waals surface area (Å²) < 4.78 is 0. The predicted octanol–water partition coefficient (Wildman–Crippen LogP) is 2.86. The van der Waals surface area contributed by atoms with E-state index >= 15 is 0 Å². The van der Waals surface area contributed by atoms with Crippen molar-refractivity contribution in [1.82, 2.24) is 0 Å². The minimum absolute atomic E-state index is 0.301. The van der Waals surface area contributed by atoms with Crippen LogP contribution in [0.25, 0.3) is 6.08 Å². The third-order valence-corrected chi connectivity index (χ3v) is 1.89. The largest absolute Gasteiger partial charge is 0.389 e. The standard InChI is InChI=1S/C12H16O/c1-2-6-12(13)10-9-11-7-4-3-5-8-11/h3-5,7-10,12-13H,2,6H2,1H3/b10-9-/t12-/m1/s1. The first kappa shape index (κ1) is 10.0.